The van der Waals surface area contributed by atoms with E-state index in [-0.39, 0.29) is 57.4 Å². The van der Waals surface area contributed by atoms with Crippen molar-refractivity contribution >= 4 is 34.7 Å². The van der Waals surface area contributed by atoms with Crippen molar-refractivity contribution in [1.29, 1.82) is 0 Å². The number of para-hydroxylation sites is 1. The predicted octanol–water partition coefficient (Wildman–Crippen LogP) is 0.481. The van der Waals surface area contributed by atoms with Gasteiger partial charge in [0.2, 0.25) is 0 Å². The standard InChI is InChI=1S/C13H9ClFO.BrH.Mg/c14-11-7-4-8-12(15)13(11)16-9-10-5-2-1-3-6-10;;/h1-5,7-8H,9H2;1H;/q-1;;+2/p-1. The van der Waals surface area contributed by atoms with E-state index in [9.17, 15) is 4.39 Å². The molecule has 0 aliphatic rings. The third kappa shape index (κ3) is 4.76. The van der Waals surface area contributed by atoms with Crippen molar-refractivity contribution in [1.82, 2.24) is 0 Å². The topological polar surface area (TPSA) is 9.23 Å². The molecule has 0 aliphatic carbocycles. The van der Waals surface area contributed by atoms with Gasteiger partial charge < -0.3 is 21.7 Å². The van der Waals surface area contributed by atoms with E-state index in [4.69, 9.17) is 16.3 Å². The second-order valence-electron chi connectivity index (χ2n) is 3.23. The van der Waals surface area contributed by atoms with Crippen LogP contribution in [0.3, 0.4) is 0 Å². The molecule has 18 heavy (non-hydrogen) atoms. The maximum atomic E-state index is 13.3. The number of hydrogen-bond acceptors (Lipinski definition) is 1. The van der Waals surface area contributed by atoms with E-state index in [1.54, 1.807) is 18.2 Å². The summed E-state index contributed by atoms with van der Waals surface area (Å²) >= 11 is 5.82. The summed E-state index contributed by atoms with van der Waals surface area (Å²) in [6.07, 6.45) is 0. The van der Waals surface area contributed by atoms with Gasteiger partial charge in [0.1, 0.15) is 0 Å². The summed E-state index contributed by atoms with van der Waals surface area (Å²) in [7, 11) is 0. The summed E-state index contributed by atoms with van der Waals surface area (Å²) in [6, 6.07) is 14.8. The first-order chi connectivity index (χ1) is 7.77. The van der Waals surface area contributed by atoms with Gasteiger partial charge in [-0.05, 0) is 12.1 Å². The number of halogens is 3. The largest absolute Gasteiger partial charge is 2.00 e. The average Bonchev–Trinajstić information content (AvgIpc) is 2.30. The average molecular weight is 340 g/mol. The van der Waals surface area contributed by atoms with Crippen LogP contribution in [0.4, 0.5) is 4.39 Å². The van der Waals surface area contributed by atoms with Gasteiger partial charge >= 0.3 is 23.1 Å². The van der Waals surface area contributed by atoms with Crippen LogP contribution < -0.4 is 21.7 Å². The van der Waals surface area contributed by atoms with Crippen LogP contribution in [0.25, 0.3) is 0 Å². The summed E-state index contributed by atoms with van der Waals surface area (Å²) in [6.45, 7) is 0.251. The van der Waals surface area contributed by atoms with Gasteiger partial charge in [-0.1, -0.05) is 17.7 Å². The molecule has 0 aliphatic heterocycles. The summed E-state index contributed by atoms with van der Waals surface area (Å²) in [5.74, 6) is -0.371. The molecule has 0 amide bonds. The third-order valence-corrected chi connectivity index (χ3v) is 2.36. The van der Waals surface area contributed by atoms with Gasteiger partial charge in [-0.2, -0.15) is 30.3 Å². The van der Waals surface area contributed by atoms with E-state index in [1.807, 2.05) is 18.2 Å². The number of benzene rings is 2. The molecule has 0 N–H and O–H groups in total. The molecule has 0 unspecified atom stereocenters. The van der Waals surface area contributed by atoms with Crippen LogP contribution >= 0.6 is 11.6 Å². The molecular weight excluding hydrogens is 331 g/mol. The Kier molecular flexibility index (Phi) is 8.60. The van der Waals surface area contributed by atoms with Crippen LogP contribution in [0.5, 0.6) is 5.75 Å². The Labute approximate surface area is 137 Å². The third-order valence-electron chi connectivity index (χ3n) is 2.06. The zero-order valence-electron chi connectivity index (χ0n) is 9.50. The number of rotatable bonds is 3. The molecule has 0 spiro atoms. The molecule has 0 fully saturated rings. The Morgan fingerprint density at radius 1 is 1.17 bits per heavy atom. The van der Waals surface area contributed by atoms with E-state index in [0.29, 0.717) is 0 Å². The van der Waals surface area contributed by atoms with Crippen LogP contribution in [0, 0.1) is 11.9 Å². The Morgan fingerprint density at radius 3 is 2.56 bits per heavy atom. The van der Waals surface area contributed by atoms with Gasteiger partial charge in [0.25, 0.3) is 0 Å². The monoisotopic (exact) mass is 338 g/mol. The first-order valence-electron chi connectivity index (χ1n) is 4.80. The zero-order valence-corrected chi connectivity index (χ0v) is 13.3. The molecule has 0 aromatic heterocycles. The predicted molar refractivity (Wildman–Crippen MR) is 66.8 cm³/mol. The summed E-state index contributed by atoms with van der Waals surface area (Å²) in [4.78, 5) is 0. The normalized spacial score (nSPS) is 9.00. The summed E-state index contributed by atoms with van der Waals surface area (Å²) in [5, 5.41) is 0.274. The molecule has 2 aromatic rings. The van der Waals surface area contributed by atoms with Crippen molar-refractivity contribution in [3.63, 3.8) is 0 Å². The molecular formula is C13H9BrClFMgO. The van der Waals surface area contributed by atoms with E-state index >= 15 is 0 Å². The molecule has 1 nitrogen and oxygen atoms in total. The molecule has 0 atom stereocenters. The molecule has 0 saturated carbocycles. The SMILES string of the molecule is Fc1cccc(Cl)c1OCc1[c-]cccc1.[Br-].[Mg+2]. The van der Waals surface area contributed by atoms with Gasteiger partial charge in [-0.15, -0.1) is 5.56 Å². The fourth-order valence-corrected chi connectivity index (χ4v) is 1.51. The van der Waals surface area contributed by atoms with Crippen molar-refractivity contribution in [2.24, 2.45) is 0 Å². The van der Waals surface area contributed by atoms with Gasteiger partial charge in [-0.25, -0.2) is 4.39 Å². The van der Waals surface area contributed by atoms with Crippen molar-refractivity contribution in [2.75, 3.05) is 0 Å². The zero-order chi connectivity index (χ0) is 11.4. The molecule has 0 saturated heterocycles. The second kappa shape index (κ2) is 8.75. The molecule has 2 rings (SSSR count). The van der Waals surface area contributed by atoms with E-state index in [2.05, 4.69) is 6.07 Å². The Hall–Kier alpha value is -0.294. The minimum Gasteiger partial charge on any atom is -1.00 e. The maximum absolute atomic E-state index is 13.3. The Bertz CT molecular complexity index is 461. The number of ether oxygens (including phenoxy) is 1. The van der Waals surface area contributed by atoms with Crippen molar-refractivity contribution in [3.05, 3.63) is 64.9 Å². The van der Waals surface area contributed by atoms with Crippen molar-refractivity contribution < 1.29 is 26.1 Å². The van der Waals surface area contributed by atoms with Crippen molar-refractivity contribution in [3.8, 4) is 5.75 Å². The quantitative estimate of drug-likeness (QED) is 0.584. The van der Waals surface area contributed by atoms with Crippen LogP contribution in [-0.2, 0) is 6.61 Å². The Morgan fingerprint density at radius 2 is 1.94 bits per heavy atom. The number of hydrogen-bond donors (Lipinski definition) is 0. The molecule has 0 heterocycles. The van der Waals surface area contributed by atoms with Crippen LogP contribution in [-0.4, -0.2) is 23.1 Å². The smallest absolute Gasteiger partial charge is 1.00 e. The first-order valence-corrected chi connectivity index (χ1v) is 5.17. The van der Waals surface area contributed by atoms with Crippen LogP contribution in [0.1, 0.15) is 5.56 Å². The van der Waals surface area contributed by atoms with E-state index in [1.165, 1.54) is 6.07 Å². The van der Waals surface area contributed by atoms with Crippen molar-refractivity contribution in [2.45, 2.75) is 6.61 Å². The summed E-state index contributed by atoms with van der Waals surface area (Å²) < 4.78 is 18.6. The molecule has 5 heteroatoms. The minimum absolute atomic E-state index is 0. The van der Waals surface area contributed by atoms with Crippen LogP contribution in [0.2, 0.25) is 5.02 Å². The van der Waals surface area contributed by atoms with Gasteiger partial charge in [-0.3, -0.25) is 0 Å². The summed E-state index contributed by atoms with van der Waals surface area (Å²) in [5.41, 5.74) is 0.849. The molecule has 0 bridgehead atoms. The molecule has 2 aromatic carbocycles. The van der Waals surface area contributed by atoms with Crippen LogP contribution in [0.15, 0.2) is 42.5 Å². The molecule has 0 radical (unpaired) electrons. The fourth-order valence-electron chi connectivity index (χ4n) is 1.29. The minimum atomic E-state index is -0.455. The fraction of sp³-hybridized carbons (Fsp3) is 0.0769. The van der Waals surface area contributed by atoms with Gasteiger partial charge in [0, 0.05) is 0 Å². The first kappa shape index (κ1) is 17.7. The second-order valence-corrected chi connectivity index (χ2v) is 3.63. The molecule has 90 valence electrons. The maximum Gasteiger partial charge on any atom is 2.00 e. The van der Waals surface area contributed by atoms with E-state index in [0.717, 1.165) is 5.56 Å². The van der Waals surface area contributed by atoms with Gasteiger partial charge in [0.15, 0.2) is 11.6 Å². The van der Waals surface area contributed by atoms with E-state index < -0.39 is 5.82 Å². The van der Waals surface area contributed by atoms with Gasteiger partial charge in [0.05, 0.1) is 11.6 Å². The Balaban J connectivity index is 0.00000144.